The van der Waals surface area contributed by atoms with Gasteiger partial charge in [0.2, 0.25) is 15.9 Å². The van der Waals surface area contributed by atoms with Crippen molar-refractivity contribution in [3.8, 4) is 0 Å². The van der Waals surface area contributed by atoms with E-state index < -0.39 is 21.7 Å². The first kappa shape index (κ1) is 20.4. The highest BCUT2D eigenvalue weighted by atomic mass is 35.5. The molecule has 2 aromatic carbocycles. The summed E-state index contributed by atoms with van der Waals surface area (Å²) in [6.45, 7) is 2.35. The lowest BCUT2D eigenvalue weighted by atomic mass is 10.1. The van der Waals surface area contributed by atoms with Crippen LogP contribution in [0.5, 0.6) is 0 Å². The third-order valence-corrected chi connectivity index (χ3v) is 5.50. The van der Waals surface area contributed by atoms with E-state index in [1.54, 1.807) is 0 Å². The van der Waals surface area contributed by atoms with Gasteiger partial charge in [-0.1, -0.05) is 31.0 Å². The van der Waals surface area contributed by atoms with E-state index in [4.69, 9.17) is 11.6 Å². The average molecular weight is 399 g/mol. The highest BCUT2D eigenvalue weighted by Crippen LogP contribution is 2.20. The highest BCUT2D eigenvalue weighted by Gasteiger charge is 2.14. The van der Waals surface area contributed by atoms with Crippen molar-refractivity contribution in [2.45, 2.75) is 31.1 Å². The fraction of sp³-hybridized carbons (Fsp3) is 0.278. The van der Waals surface area contributed by atoms with Gasteiger partial charge in [-0.25, -0.2) is 17.5 Å². The molecule has 2 aromatic rings. The van der Waals surface area contributed by atoms with Crippen molar-refractivity contribution in [3.05, 3.63) is 58.9 Å². The number of halogens is 2. The predicted octanol–water partition coefficient (Wildman–Crippen LogP) is 3.74. The van der Waals surface area contributed by atoms with Crippen molar-refractivity contribution in [3.63, 3.8) is 0 Å². The molecule has 0 atom stereocenters. The lowest BCUT2D eigenvalue weighted by Gasteiger charge is -2.09. The number of unbranched alkanes of at least 4 members (excludes halogenated alkanes) is 1. The summed E-state index contributed by atoms with van der Waals surface area (Å²) in [5.41, 5.74) is 0.529. The molecule has 0 unspecified atom stereocenters. The SMILES string of the molecule is CCCCNS(=O)(=O)c1ccc(NC(=O)Cc2c(F)cccc2Cl)cc1. The number of amides is 1. The molecule has 0 aliphatic carbocycles. The number of anilines is 1. The minimum Gasteiger partial charge on any atom is -0.326 e. The molecule has 0 aliphatic heterocycles. The molecule has 2 N–H and O–H groups in total. The van der Waals surface area contributed by atoms with Gasteiger partial charge in [0.05, 0.1) is 11.3 Å². The van der Waals surface area contributed by atoms with Gasteiger partial charge in [0, 0.05) is 22.8 Å². The molecule has 0 bridgehead atoms. The Morgan fingerprint density at radius 3 is 2.46 bits per heavy atom. The van der Waals surface area contributed by atoms with Crippen molar-refractivity contribution in [2.75, 3.05) is 11.9 Å². The van der Waals surface area contributed by atoms with Crippen LogP contribution in [0.3, 0.4) is 0 Å². The van der Waals surface area contributed by atoms with Crippen LogP contribution in [0.4, 0.5) is 10.1 Å². The van der Waals surface area contributed by atoms with Crippen LogP contribution in [0.1, 0.15) is 25.3 Å². The zero-order valence-corrected chi connectivity index (χ0v) is 15.8. The number of rotatable bonds is 8. The van der Waals surface area contributed by atoms with Crippen molar-refractivity contribution >= 4 is 33.2 Å². The number of carbonyl (C=O) groups is 1. The van der Waals surface area contributed by atoms with Gasteiger partial charge in [0.25, 0.3) is 0 Å². The molecule has 0 radical (unpaired) electrons. The van der Waals surface area contributed by atoms with E-state index in [1.165, 1.54) is 42.5 Å². The monoisotopic (exact) mass is 398 g/mol. The van der Waals surface area contributed by atoms with Crippen LogP contribution >= 0.6 is 11.6 Å². The Labute approximate surface area is 157 Å². The van der Waals surface area contributed by atoms with E-state index in [2.05, 4.69) is 10.0 Å². The molecular weight excluding hydrogens is 379 g/mol. The molecule has 0 fully saturated rings. The molecule has 0 aromatic heterocycles. The average Bonchev–Trinajstić information content (AvgIpc) is 2.59. The quantitative estimate of drug-likeness (QED) is 0.665. The largest absolute Gasteiger partial charge is 0.326 e. The van der Waals surface area contributed by atoms with Gasteiger partial charge in [-0.15, -0.1) is 0 Å². The zero-order valence-electron chi connectivity index (χ0n) is 14.3. The second kappa shape index (κ2) is 9.12. The van der Waals surface area contributed by atoms with E-state index in [1.807, 2.05) is 6.92 Å². The molecule has 0 saturated heterocycles. The summed E-state index contributed by atoms with van der Waals surface area (Å²) < 4.78 is 40.4. The molecule has 140 valence electrons. The van der Waals surface area contributed by atoms with Crippen LogP contribution in [0.15, 0.2) is 47.4 Å². The first-order valence-electron chi connectivity index (χ1n) is 8.16. The Bertz CT molecular complexity index is 850. The Morgan fingerprint density at radius 2 is 1.85 bits per heavy atom. The van der Waals surface area contributed by atoms with Crippen LogP contribution in [-0.4, -0.2) is 20.9 Å². The molecule has 26 heavy (non-hydrogen) atoms. The maximum atomic E-state index is 13.7. The van der Waals surface area contributed by atoms with Crippen LogP contribution in [0.2, 0.25) is 5.02 Å². The summed E-state index contributed by atoms with van der Waals surface area (Å²) in [6, 6.07) is 9.98. The first-order valence-corrected chi connectivity index (χ1v) is 10.0. The molecule has 1 amide bonds. The molecular formula is C18H20ClFN2O3S. The first-order chi connectivity index (χ1) is 12.3. The Kier molecular flexibility index (Phi) is 7.14. The van der Waals surface area contributed by atoms with Crippen molar-refractivity contribution in [2.24, 2.45) is 0 Å². The third-order valence-electron chi connectivity index (χ3n) is 3.67. The summed E-state index contributed by atoms with van der Waals surface area (Å²) >= 11 is 5.91. The van der Waals surface area contributed by atoms with Crippen molar-refractivity contribution < 1.29 is 17.6 Å². The van der Waals surface area contributed by atoms with E-state index in [0.717, 1.165) is 12.8 Å². The van der Waals surface area contributed by atoms with Gasteiger partial charge in [0.1, 0.15) is 5.82 Å². The normalized spacial score (nSPS) is 11.3. The predicted molar refractivity (Wildman–Crippen MR) is 100 cm³/mol. The van der Waals surface area contributed by atoms with Gasteiger partial charge < -0.3 is 5.32 Å². The summed E-state index contributed by atoms with van der Waals surface area (Å²) in [4.78, 5) is 12.2. The van der Waals surface area contributed by atoms with Gasteiger partial charge in [0.15, 0.2) is 0 Å². The van der Waals surface area contributed by atoms with Crippen molar-refractivity contribution in [1.29, 1.82) is 0 Å². The third kappa shape index (κ3) is 5.52. The summed E-state index contributed by atoms with van der Waals surface area (Å²) in [5, 5.41) is 2.78. The minimum atomic E-state index is -3.57. The fourth-order valence-corrected chi connectivity index (χ4v) is 3.55. The van der Waals surface area contributed by atoms with Crippen LogP contribution in [-0.2, 0) is 21.2 Å². The van der Waals surface area contributed by atoms with Gasteiger partial charge in [-0.2, -0.15) is 0 Å². The Hall–Kier alpha value is -1.96. The van der Waals surface area contributed by atoms with E-state index >= 15 is 0 Å². The fourth-order valence-electron chi connectivity index (χ4n) is 2.25. The van der Waals surface area contributed by atoms with Gasteiger partial charge >= 0.3 is 0 Å². The molecule has 0 heterocycles. The van der Waals surface area contributed by atoms with E-state index in [9.17, 15) is 17.6 Å². The zero-order chi connectivity index (χ0) is 19.2. The molecule has 0 saturated carbocycles. The summed E-state index contributed by atoms with van der Waals surface area (Å²) in [5.74, 6) is -0.999. The number of carbonyl (C=O) groups excluding carboxylic acids is 1. The molecule has 0 spiro atoms. The maximum Gasteiger partial charge on any atom is 0.240 e. The van der Waals surface area contributed by atoms with E-state index in [-0.39, 0.29) is 21.9 Å². The van der Waals surface area contributed by atoms with Gasteiger partial charge in [-0.3, -0.25) is 4.79 Å². The number of nitrogens with one attached hydrogen (secondary N) is 2. The van der Waals surface area contributed by atoms with E-state index in [0.29, 0.717) is 12.2 Å². The standard InChI is InChI=1S/C18H20ClFN2O3S/c1-2-3-11-21-26(24,25)14-9-7-13(8-10-14)22-18(23)12-15-16(19)5-4-6-17(15)20/h4-10,21H,2-3,11-12H2,1H3,(H,22,23). The van der Waals surface area contributed by atoms with Crippen LogP contribution in [0, 0.1) is 5.82 Å². The molecule has 5 nitrogen and oxygen atoms in total. The number of sulfonamides is 1. The number of benzene rings is 2. The van der Waals surface area contributed by atoms with Crippen molar-refractivity contribution in [1.82, 2.24) is 4.72 Å². The smallest absolute Gasteiger partial charge is 0.240 e. The topological polar surface area (TPSA) is 75.3 Å². The molecule has 0 aliphatic rings. The minimum absolute atomic E-state index is 0.115. The second-order valence-corrected chi connectivity index (χ2v) is 7.88. The van der Waals surface area contributed by atoms with Gasteiger partial charge in [-0.05, 0) is 42.8 Å². The number of hydrogen-bond acceptors (Lipinski definition) is 3. The Morgan fingerprint density at radius 1 is 1.15 bits per heavy atom. The lowest BCUT2D eigenvalue weighted by molar-refractivity contribution is -0.115. The van der Waals surface area contributed by atoms with Crippen LogP contribution < -0.4 is 10.0 Å². The Balaban J connectivity index is 2.01. The summed E-state index contributed by atoms with van der Waals surface area (Å²) in [6.07, 6.45) is 1.43. The maximum absolute atomic E-state index is 13.7. The number of hydrogen-bond donors (Lipinski definition) is 2. The highest BCUT2D eigenvalue weighted by molar-refractivity contribution is 7.89. The lowest BCUT2D eigenvalue weighted by Crippen LogP contribution is -2.24. The molecule has 8 heteroatoms. The molecule has 2 rings (SSSR count). The second-order valence-electron chi connectivity index (χ2n) is 5.70. The summed E-state index contributed by atoms with van der Waals surface area (Å²) in [7, 11) is -3.57. The van der Waals surface area contributed by atoms with Crippen LogP contribution in [0.25, 0.3) is 0 Å².